The minimum Gasteiger partial charge on any atom is -0.508 e. The highest BCUT2D eigenvalue weighted by atomic mass is 31.2. The van der Waals surface area contributed by atoms with Gasteiger partial charge in [0.15, 0.2) is 0 Å². The third-order valence-corrected chi connectivity index (χ3v) is 4.95. The third-order valence-electron chi connectivity index (χ3n) is 2.90. The van der Waals surface area contributed by atoms with Crippen LogP contribution in [0, 0.1) is 0 Å². The van der Waals surface area contributed by atoms with Crippen molar-refractivity contribution in [2.24, 2.45) is 0 Å². The van der Waals surface area contributed by atoms with E-state index in [1.165, 1.54) is 0 Å². The summed E-state index contributed by atoms with van der Waals surface area (Å²) in [4.78, 5) is 0. The first-order valence-corrected chi connectivity index (χ1v) is 8.65. The minimum absolute atomic E-state index is 0.179. The smallest absolute Gasteiger partial charge is 0.335 e. The van der Waals surface area contributed by atoms with Gasteiger partial charge in [0.2, 0.25) is 0 Å². The van der Waals surface area contributed by atoms with E-state index in [0.29, 0.717) is 13.2 Å². The van der Waals surface area contributed by atoms with Crippen molar-refractivity contribution < 1.29 is 18.7 Å². The van der Waals surface area contributed by atoms with Crippen LogP contribution in [0.25, 0.3) is 0 Å². The fourth-order valence-corrected chi connectivity index (χ4v) is 3.72. The molecule has 0 aliphatic heterocycles. The summed E-state index contributed by atoms with van der Waals surface area (Å²) in [7, 11) is -3.11. The molecule has 0 atom stereocenters. The lowest BCUT2D eigenvalue weighted by atomic mass is 9.85. The van der Waals surface area contributed by atoms with Crippen LogP contribution in [-0.4, -0.2) is 18.3 Å². The molecule has 1 rings (SSSR count). The van der Waals surface area contributed by atoms with Crippen LogP contribution in [0.5, 0.6) is 5.75 Å². The first-order valence-electron chi connectivity index (χ1n) is 6.92. The van der Waals surface area contributed by atoms with Gasteiger partial charge in [0, 0.05) is 0 Å². The molecule has 1 aromatic carbocycles. The average Bonchev–Trinajstić information content (AvgIpc) is 2.30. The summed E-state index contributed by atoms with van der Waals surface area (Å²) < 4.78 is 23.1. The number of hydrogen-bond donors (Lipinski definition) is 1. The average molecular weight is 300 g/mol. The van der Waals surface area contributed by atoms with Gasteiger partial charge in [-0.1, -0.05) is 32.9 Å². The van der Waals surface area contributed by atoms with Crippen molar-refractivity contribution in [1.82, 2.24) is 0 Å². The summed E-state index contributed by atoms with van der Waals surface area (Å²) in [5.41, 5.74) is 1.49. The second-order valence-corrected chi connectivity index (χ2v) is 7.76. The second-order valence-electron chi connectivity index (χ2n) is 5.71. The molecule has 1 aromatic rings. The maximum Gasteiger partial charge on any atom is 0.335 e. The lowest BCUT2D eigenvalue weighted by Gasteiger charge is -2.22. The van der Waals surface area contributed by atoms with Crippen molar-refractivity contribution in [2.75, 3.05) is 13.2 Å². The highest BCUT2D eigenvalue weighted by Gasteiger charge is 2.26. The molecule has 5 heteroatoms. The molecular formula is C15H25O4P. The van der Waals surface area contributed by atoms with E-state index < -0.39 is 7.60 Å². The van der Waals surface area contributed by atoms with Crippen LogP contribution >= 0.6 is 7.60 Å². The van der Waals surface area contributed by atoms with Crippen LogP contribution in [0.2, 0.25) is 0 Å². The Morgan fingerprint density at radius 3 is 2.15 bits per heavy atom. The molecule has 0 bridgehead atoms. The van der Waals surface area contributed by atoms with Crippen molar-refractivity contribution >= 4 is 7.60 Å². The fraction of sp³-hybridized carbons (Fsp3) is 0.600. The van der Waals surface area contributed by atoms with Crippen LogP contribution in [0.1, 0.15) is 45.7 Å². The van der Waals surface area contributed by atoms with Gasteiger partial charge in [-0.05, 0) is 36.5 Å². The van der Waals surface area contributed by atoms with Crippen LogP contribution in [0.15, 0.2) is 18.2 Å². The predicted octanol–water partition coefficient (Wildman–Crippen LogP) is 4.46. The second kappa shape index (κ2) is 6.75. The maximum atomic E-state index is 12.5. The van der Waals surface area contributed by atoms with Crippen LogP contribution in [-0.2, 0) is 25.2 Å². The lowest BCUT2D eigenvalue weighted by molar-refractivity contribution is 0.219. The maximum absolute atomic E-state index is 12.5. The molecule has 0 saturated carbocycles. The SMILES string of the molecule is CCOP(=O)(Cc1ccc(O)c(C(C)(C)C)c1)OCC. The summed E-state index contributed by atoms with van der Waals surface area (Å²) >= 11 is 0. The van der Waals surface area contributed by atoms with Crippen molar-refractivity contribution in [3.05, 3.63) is 29.3 Å². The first kappa shape index (κ1) is 17.2. The molecule has 20 heavy (non-hydrogen) atoms. The molecule has 0 aromatic heterocycles. The number of aromatic hydroxyl groups is 1. The van der Waals surface area contributed by atoms with Gasteiger partial charge in [-0.15, -0.1) is 0 Å². The lowest BCUT2D eigenvalue weighted by Crippen LogP contribution is -2.12. The standard InChI is InChI=1S/C15H25O4P/c1-6-18-20(17,19-7-2)11-12-8-9-14(16)13(10-12)15(3,4)5/h8-10,16H,6-7,11H2,1-5H3. The van der Waals surface area contributed by atoms with Gasteiger partial charge in [-0.2, -0.15) is 0 Å². The molecule has 0 unspecified atom stereocenters. The van der Waals surface area contributed by atoms with Gasteiger partial charge >= 0.3 is 7.60 Å². The fourth-order valence-electron chi connectivity index (χ4n) is 2.03. The molecule has 114 valence electrons. The summed E-state index contributed by atoms with van der Waals surface area (Å²) in [6, 6.07) is 5.27. The molecule has 1 N–H and O–H groups in total. The minimum atomic E-state index is -3.11. The Kier molecular flexibility index (Phi) is 5.81. The molecule has 0 fully saturated rings. The van der Waals surface area contributed by atoms with Crippen molar-refractivity contribution in [3.8, 4) is 5.75 Å². The van der Waals surface area contributed by atoms with Crippen LogP contribution in [0.4, 0.5) is 0 Å². The normalized spacial score (nSPS) is 12.7. The van der Waals surface area contributed by atoms with Crippen LogP contribution < -0.4 is 0 Å². The van der Waals surface area contributed by atoms with Crippen LogP contribution in [0.3, 0.4) is 0 Å². The molecule has 0 aliphatic rings. The highest BCUT2D eigenvalue weighted by molar-refractivity contribution is 7.53. The number of hydrogen-bond acceptors (Lipinski definition) is 4. The number of rotatable bonds is 6. The Bertz CT molecular complexity index is 481. The summed E-state index contributed by atoms with van der Waals surface area (Å²) in [6.45, 7) is 10.4. The zero-order chi connectivity index (χ0) is 15.4. The number of benzene rings is 1. The topological polar surface area (TPSA) is 55.8 Å². The Hall–Kier alpha value is -0.830. The van der Waals surface area contributed by atoms with E-state index in [1.54, 1.807) is 26.0 Å². The Balaban J connectivity index is 3.06. The van der Waals surface area contributed by atoms with Crippen molar-refractivity contribution in [2.45, 2.75) is 46.2 Å². The summed E-state index contributed by atoms with van der Waals surface area (Å²) in [6.07, 6.45) is 0.220. The monoisotopic (exact) mass is 300 g/mol. The number of phenolic OH excluding ortho intramolecular Hbond substituents is 1. The molecule has 0 radical (unpaired) electrons. The van der Waals surface area contributed by atoms with Gasteiger partial charge < -0.3 is 14.2 Å². The Morgan fingerprint density at radius 2 is 1.70 bits per heavy atom. The first-order chi connectivity index (χ1) is 9.22. The highest BCUT2D eigenvalue weighted by Crippen LogP contribution is 2.51. The van der Waals surface area contributed by atoms with Gasteiger partial charge in [0.1, 0.15) is 5.75 Å². The molecule has 4 nitrogen and oxygen atoms in total. The zero-order valence-corrected chi connectivity index (χ0v) is 13.9. The molecular weight excluding hydrogens is 275 g/mol. The molecule has 0 heterocycles. The predicted molar refractivity (Wildman–Crippen MR) is 81.4 cm³/mol. The third kappa shape index (κ3) is 4.62. The van der Waals surface area contributed by atoms with E-state index in [0.717, 1.165) is 11.1 Å². The van der Waals surface area contributed by atoms with E-state index >= 15 is 0 Å². The van der Waals surface area contributed by atoms with E-state index in [-0.39, 0.29) is 17.3 Å². The van der Waals surface area contributed by atoms with E-state index in [1.807, 2.05) is 26.8 Å². The number of phenols is 1. The van der Waals surface area contributed by atoms with E-state index in [9.17, 15) is 9.67 Å². The van der Waals surface area contributed by atoms with Crippen molar-refractivity contribution in [1.29, 1.82) is 0 Å². The Labute approximate surface area is 121 Å². The molecule has 0 amide bonds. The van der Waals surface area contributed by atoms with E-state index in [4.69, 9.17) is 9.05 Å². The quantitative estimate of drug-likeness (QED) is 0.788. The summed E-state index contributed by atoms with van der Waals surface area (Å²) in [5.74, 6) is 0.254. The van der Waals surface area contributed by atoms with Gasteiger partial charge in [0.05, 0.1) is 19.4 Å². The van der Waals surface area contributed by atoms with Crippen molar-refractivity contribution in [3.63, 3.8) is 0 Å². The zero-order valence-electron chi connectivity index (χ0n) is 13.0. The molecule has 0 saturated heterocycles. The van der Waals surface area contributed by atoms with Gasteiger partial charge in [-0.3, -0.25) is 4.57 Å². The van der Waals surface area contributed by atoms with Gasteiger partial charge in [0.25, 0.3) is 0 Å². The largest absolute Gasteiger partial charge is 0.508 e. The molecule has 0 spiro atoms. The molecule has 0 aliphatic carbocycles. The van der Waals surface area contributed by atoms with Gasteiger partial charge in [-0.25, -0.2) is 0 Å². The summed E-state index contributed by atoms with van der Waals surface area (Å²) in [5, 5.41) is 9.94. The Morgan fingerprint density at radius 1 is 1.15 bits per heavy atom. The van der Waals surface area contributed by atoms with E-state index in [2.05, 4.69) is 0 Å².